The van der Waals surface area contributed by atoms with Gasteiger partial charge < -0.3 is 23.5 Å². The molecule has 0 radical (unpaired) electrons. The molecule has 0 unspecified atom stereocenters. The second kappa shape index (κ2) is 10.5. The first-order chi connectivity index (χ1) is 16.4. The molecule has 1 aliphatic rings. The van der Waals surface area contributed by atoms with Crippen molar-refractivity contribution in [2.45, 2.75) is 24.8 Å². The van der Waals surface area contributed by atoms with E-state index in [9.17, 15) is 8.42 Å². The molecule has 1 aromatic heterocycles. The number of methoxy groups -OCH3 is 1. The summed E-state index contributed by atoms with van der Waals surface area (Å²) in [6.07, 6.45) is 3.32. The van der Waals surface area contributed by atoms with Gasteiger partial charge in [-0.1, -0.05) is 0 Å². The highest BCUT2D eigenvalue weighted by Gasteiger charge is 2.29. The molecule has 0 aliphatic carbocycles. The van der Waals surface area contributed by atoms with Gasteiger partial charge in [0.15, 0.2) is 6.79 Å². The van der Waals surface area contributed by atoms with Crippen LogP contribution in [0.2, 0.25) is 0 Å². The van der Waals surface area contributed by atoms with Crippen LogP contribution in [0, 0.1) is 0 Å². The monoisotopic (exact) mass is 486 g/mol. The van der Waals surface area contributed by atoms with Crippen molar-refractivity contribution in [3.8, 4) is 22.6 Å². The minimum absolute atomic E-state index is 0.0321. The molecule has 34 heavy (non-hydrogen) atoms. The Balaban J connectivity index is 1.45. The minimum Gasteiger partial charge on any atom is -0.491 e. The lowest BCUT2D eigenvalue weighted by Gasteiger charge is -2.35. The fourth-order valence-corrected chi connectivity index (χ4v) is 5.33. The molecular weight excluding hydrogens is 456 g/mol. The Labute approximate surface area is 200 Å². The molecule has 3 aromatic rings. The summed E-state index contributed by atoms with van der Waals surface area (Å²) in [4.78, 5) is 2.43. The predicted octanol–water partition coefficient (Wildman–Crippen LogP) is 4.23. The Morgan fingerprint density at radius 3 is 2.35 bits per heavy atom. The van der Waals surface area contributed by atoms with E-state index in [1.165, 1.54) is 4.31 Å². The topological polar surface area (TPSA) is 81.5 Å². The molecular formula is C25H30N2O6S. The van der Waals surface area contributed by atoms with Crippen molar-refractivity contribution in [1.29, 1.82) is 0 Å². The van der Waals surface area contributed by atoms with Crippen LogP contribution in [0.3, 0.4) is 0 Å². The number of piperazine rings is 1. The summed E-state index contributed by atoms with van der Waals surface area (Å²) in [7, 11) is -1.99. The summed E-state index contributed by atoms with van der Waals surface area (Å²) in [6.45, 7) is 5.92. The number of ether oxygens (including phenoxy) is 3. The molecule has 2 aromatic carbocycles. The van der Waals surface area contributed by atoms with E-state index < -0.39 is 10.0 Å². The molecule has 9 heteroatoms. The smallest absolute Gasteiger partial charge is 0.243 e. The largest absolute Gasteiger partial charge is 0.491 e. The van der Waals surface area contributed by atoms with Crippen molar-refractivity contribution in [2.24, 2.45) is 0 Å². The standard InChI is InChI=1S/C25H30N2O6S/c1-19(2)33-22-5-7-23(8-6-22)34(28,29)27-13-11-26(12-14-27)21-4-9-24(20-10-15-31-17-20)25(16-21)32-18-30-3/h4-10,15-17,19H,11-14,18H2,1-3H3. The van der Waals surface area contributed by atoms with Crippen LogP contribution in [0.5, 0.6) is 11.5 Å². The first-order valence-electron chi connectivity index (χ1n) is 11.2. The number of hydrogen-bond acceptors (Lipinski definition) is 7. The predicted molar refractivity (Wildman–Crippen MR) is 130 cm³/mol. The van der Waals surface area contributed by atoms with Crippen molar-refractivity contribution < 1.29 is 27.0 Å². The van der Waals surface area contributed by atoms with E-state index in [-0.39, 0.29) is 17.8 Å². The molecule has 1 aliphatic heterocycles. The second-order valence-electron chi connectivity index (χ2n) is 8.27. The van der Waals surface area contributed by atoms with Crippen molar-refractivity contribution in [2.75, 3.05) is 45.0 Å². The zero-order valence-corrected chi connectivity index (χ0v) is 20.5. The van der Waals surface area contributed by atoms with Crippen LogP contribution in [0.25, 0.3) is 11.1 Å². The number of rotatable bonds is 9. The lowest BCUT2D eigenvalue weighted by Crippen LogP contribution is -2.48. The molecule has 2 heterocycles. The molecule has 0 spiro atoms. The highest BCUT2D eigenvalue weighted by atomic mass is 32.2. The van der Waals surface area contributed by atoms with Gasteiger partial charge in [0.05, 0.1) is 23.5 Å². The first kappa shape index (κ1) is 24.1. The number of hydrogen-bond donors (Lipinski definition) is 0. The van der Waals surface area contributed by atoms with Crippen molar-refractivity contribution in [3.05, 3.63) is 61.1 Å². The molecule has 0 bridgehead atoms. The fourth-order valence-electron chi connectivity index (χ4n) is 3.90. The summed E-state index contributed by atoms with van der Waals surface area (Å²) in [6, 6.07) is 14.4. The van der Waals surface area contributed by atoms with E-state index in [1.807, 2.05) is 38.1 Å². The number of nitrogens with zero attached hydrogens (tertiary/aromatic N) is 2. The van der Waals surface area contributed by atoms with E-state index in [1.54, 1.807) is 43.9 Å². The summed E-state index contributed by atoms with van der Waals surface area (Å²) in [5.74, 6) is 1.34. The van der Waals surface area contributed by atoms with Gasteiger partial charge in [-0.2, -0.15) is 4.31 Å². The number of benzene rings is 2. The summed E-state index contributed by atoms with van der Waals surface area (Å²) in [5.41, 5.74) is 2.78. The van der Waals surface area contributed by atoms with E-state index >= 15 is 0 Å². The molecule has 8 nitrogen and oxygen atoms in total. The van der Waals surface area contributed by atoms with E-state index in [2.05, 4.69) is 4.90 Å². The molecule has 4 rings (SSSR count). The van der Waals surface area contributed by atoms with Crippen molar-refractivity contribution in [1.82, 2.24) is 4.31 Å². The van der Waals surface area contributed by atoms with Crippen LogP contribution in [0.1, 0.15) is 13.8 Å². The summed E-state index contributed by atoms with van der Waals surface area (Å²) in [5, 5.41) is 0. The number of sulfonamides is 1. The van der Waals surface area contributed by atoms with Gasteiger partial charge in [-0.3, -0.25) is 0 Å². The Morgan fingerprint density at radius 2 is 1.74 bits per heavy atom. The van der Waals surface area contributed by atoms with Crippen LogP contribution >= 0.6 is 0 Å². The van der Waals surface area contributed by atoms with E-state index in [4.69, 9.17) is 18.6 Å². The van der Waals surface area contributed by atoms with Crippen molar-refractivity contribution >= 4 is 15.7 Å². The molecule has 0 N–H and O–H groups in total. The Kier molecular flexibility index (Phi) is 7.45. The van der Waals surface area contributed by atoms with E-state index in [0.717, 1.165) is 16.8 Å². The SMILES string of the molecule is COCOc1cc(N2CCN(S(=O)(=O)c3ccc(OC(C)C)cc3)CC2)ccc1-c1ccoc1. The third-order valence-corrected chi connectivity index (χ3v) is 7.48. The zero-order chi connectivity index (χ0) is 24.1. The number of furan rings is 1. The maximum absolute atomic E-state index is 13.1. The quantitative estimate of drug-likeness (QED) is 0.419. The van der Waals surface area contributed by atoms with Gasteiger partial charge >= 0.3 is 0 Å². The van der Waals surface area contributed by atoms with Gasteiger partial charge in [-0.15, -0.1) is 0 Å². The van der Waals surface area contributed by atoms with Crippen LogP contribution in [-0.4, -0.2) is 58.9 Å². The molecule has 0 saturated carbocycles. The average molecular weight is 487 g/mol. The molecule has 182 valence electrons. The molecule has 1 fully saturated rings. The highest BCUT2D eigenvalue weighted by Crippen LogP contribution is 2.35. The lowest BCUT2D eigenvalue weighted by atomic mass is 10.1. The molecule has 0 atom stereocenters. The molecule has 1 saturated heterocycles. The maximum atomic E-state index is 13.1. The van der Waals surface area contributed by atoms with Gasteiger partial charge in [0.1, 0.15) is 11.5 Å². The van der Waals surface area contributed by atoms with Crippen LogP contribution in [-0.2, 0) is 14.8 Å². The Morgan fingerprint density at radius 1 is 1.00 bits per heavy atom. The van der Waals surface area contributed by atoms with Gasteiger partial charge in [0.2, 0.25) is 10.0 Å². The first-order valence-corrected chi connectivity index (χ1v) is 12.6. The highest BCUT2D eigenvalue weighted by molar-refractivity contribution is 7.89. The normalized spacial score (nSPS) is 15.0. The lowest BCUT2D eigenvalue weighted by molar-refractivity contribution is 0.0515. The van der Waals surface area contributed by atoms with Gasteiger partial charge in [-0.25, -0.2) is 8.42 Å². The third kappa shape index (κ3) is 5.38. The van der Waals surface area contributed by atoms with Gasteiger partial charge in [0.25, 0.3) is 0 Å². The van der Waals surface area contributed by atoms with Crippen LogP contribution < -0.4 is 14.4 Å². The Bertz CT molecular complexity index is 1170. The molecule has 0 amide bonds. The van der Waals surface area contributed by atoms with Gasteiger partial charge in [0, 0.05) is 56.2 Å². The third-order valence-electron chi connectivity index (χ3n) is 5.57. The average Bonchev–Trinajstić information content (AvgIpc) is 3.37. The summed E-state index contributed by atoms with van der Waals surface area (Å²) >= 11 is 0. The fraction of sp³-hybridized carbons (Fsp3) is 0.360. The van der Waals surface area contributed by atoms with Crippen LogP contribution in [0.4, 0.5) is 5.69 Å². The zero-order valence-electron chi connectivity index (χ0n) is 19.6. The number of anilines is 1. The van der Waals surface area contributed by atoms with Crippen LogP contribution in [0.15, 0.2) is 70.4 Å². The van der Waals surface area contributed by atoms with Crippen molar-refractivity contribution in [3.63, 3.8) is 0 Å². The Hall–Kier alpha value is -3.01. The second-order valence-corrected chi connectivity index (χ2v) is 10.2. The van der Waals surface area contributed by atoms with Gasteiger partial charge in [-0.05, 0) is 56.3 Å². The maximum Gasteiger partial charge on any atom is 0.243 e. The van der Waals surface area contributed by atoms with E-state index in [0.29, 0.717) is 37.7 Å². The minimum atomic E-state index is -3.57. The summed E-state index contributed by atoms with van der Waals surface area (Å²) < 4.78 is 49.5.